The highest BCUT2D eigenvalue weighted by Gasteiger charge is 2.51. The van der Waals surface area contributed by atoms with Crippen LogP contribution in [0.25, 0.3) is 0 Å². The molecule has 0 N–H and O–H groups in total. The number of anilines is 1. The van der Waals surface area contributed by atoms with Gasteiger partial charge in [-0.25, -0.2) is 9.69 Å². The molecule has 0 unspecified atom stereocenters. The third-order valence-electron chi connectivity index (χ3n) is 3.91. The van der Waals surface area contributed by atoms with E-state index in [1.54, 1.807) is 26.8 Å². The maximum absolute atomic E-state index is 13.2. The molecule has 130 valence electrons. The van der Waals surface area contributed by atoms with Gasteiger partial charge in [0.2, 0.25) is 0 Å². The molecule has 0 fully saturated rings. The summed E-state index contributed by atoms with van der Waals surface area (Å²) in [7, 11) is 0. The molecule has 0 bridgehead atoms. The van der Waals surface area contributed by atoms with Gasteiger partial charge in [0.05, 0.1) is 5.69 Å². The average molecular weight is 355 g/mol. The number of fused-ring (bicyclic) bond motifs is 1. The molecule has 0 saturated heterocycles. The minimum Gasteiger partial charge on any atom is -0.443 e. The summed E-state index contributed by atoms with van der Waals surface area (Å²) in [6, 6.07) is 17.1. The van der Waals surface area contributed by atoms with Crippen molar-refractivity contribution in [3.8, 4) is 0 Å². The maximum atomic E-state index is 13.2. The summed E-state index contributed by atoms with van der Waals surface area (Å²) in [5.74, 6) is -0.281. The molecule has 4 nitrogen and oxygen atoms in total. The van der Waals surface area contributed by atoms with Gasteiger partial charge in [-0.3, -0.25) is 4.79 Å². The Morgan fingerprint density at radius 2 is 1.64 bits per heavy atom. The molecule has 1 heterocycles. The molecule has 0 aliphatic carbocycles. The lowest BCUT2D eigenvalue weighted by Crippen LogP contribution is -2.43. The fraction of sp³-hybridized carbons (Fsp3) is 0.300. The summed E-state index contributed by atoms with van der Waals surface area (Å²) < 4.78 is 4.57. The molecular weight excluding hydrogens is 334 g/mol. The molecule has 1 aliphatic rings. The summed E-state index contributed by atoms with van der Waals surface area (Å²) in [4.78, 5) is 28.0. The Balaban J connectivity index is 2.02. The number of benzene rings is 2. The SMILES string of the molecule is CC(C)(C)OC(=O)N1C(=O)[C@](C)(Sc2ccccc2)c2ccccc21. The molecule has 3 rings (SSSR count). The zero-order valence-corrected chi connectivity index (χ0v) is 15.6. The van der Waals surface area contributed by atoms with Crippen molar-refractivity contribution in [3.63, 3.8) is 0 Å². The molecule has 2 amide bonds. The Hall–Kier alpha value is -2.27. The Bertz CT molecular complexity index is 813. The standard InChI is InChI=1S/C20H21NO3S/c1-19(2,3)24-18(23)21-16-13-9-8-12-15(16)20(4,17(21)22)25-14-10-6-5-7-11-14/h5-13H,1-4H3/t20-/m1/s1. The van der Waals surface area contributed by atoms with E-state index in [0.717, 1.165) is 15.4 Å². The van der Waals surface area contributed by atoms with Crippen LogP contribution in [0.3, 0.4) is 0 Å². The number of carbonyl (C=O) groups excluding carboxylic acids is 2. The summed E-state index contributed by atoms with van der Waals surface area (Å²) >= 11 is 1.44. The molecule has 1 atom stereocenters. The van der Waals surface area contributed by atoms with E-state index in [1.807, 2.05) is 55.5 Å². The summed E-state index contributed by atoms with van der Waals surface area (Å²) in [5, 5.41) is 0. The van der Waals surface area contributed by atoms with Gasteiger partial charge in [-0.15, -0.1) is 11.8 Å². The van der Waals surface area contributed by atoms with Crippen LogP contribution in [0.5, 0.6) is 0 Å². The summed E-state index contributed by atoms with van der Waals surface area (Å²) in [5.41, 5.74) is 0.741. The molecule has 5 heteroatoms. The van der Waals surface area contributed by atoms with Gasteiger partial charge in [-0.05, 0) is 45.9 Å². The van der Waals surface area contributed by atoms with E-state index in [-0.39, 0.29) is 5.91 Å². The van der Waals surface area contributed by atoms with Gasteiger partial charge in [-0.1, -0.05) is 36.4 Å². The smallest absolute Gasteiger partial charge is 0.421 e. The maximum Gasteiger partial charge on any atom is 0.421 e. The van der Waals surface area contributed by atoms with E-state index in [4.69, 9.17) is 4.74 Å². The van der Waals surface area contributed by atoms with E-state index in [9.17, 15) is 9.59 Å². The first-order valence-corrected chi connectivity index (χ1v) is 8.95. The number of imide groups is 1. The van der Waals surface area contributed by atoms with Crippen LogP contribution in [-0.2, 0) is 14.3 Å². The molecule has 0 saturated carbocycles. The Labute approximate surface area is 152 Å². The predicted molar refractivity (Wildman–Crippen MR) is 99.8 cm³/mol. The zero-order valence-electron chi connectivity index (χ0n) is 14.8. The molecule has 1 aliphatic heterocycles. The van der Waals surface area contributed by atoms with Crippen LogP contribution in [0, 0.1) is 0 Å². The van der Waals surface area contributed by atoms with Crippen molar-refractivity contribution in [1.29, 1.82) is 0 Å². The molecule has 25 heavy (non-hydrogen) atoms. The molecule has 0 spiro atoms. The van der Waals surface area contributed by atoms with Crippen molar-refractivity contribution in [2.45, 2.75) is 42.9 Å². The number of para-hydroxylation sites is 1. The monoisotopic (exact) mass is 355 g/mol. The summed E-state index contributed by atoms with van der Waals surface area (Å²) in [6.45, 7) is 7.22. The second-order valence-corrected chi connectivity index (χ2v) is 8.58. The fourth-order valence-corrected chi connectivity index (χ4v) is 4.05. The number of hydrogen-bond donors (Lipinski definition) is 0. The van der Waals surface area contributed by atoms with Gasteiger partial charge in [0.25, 0.3) is 5.91 Å². The normalized spacial score (nSPS) is 19.7. The molecule has 2 aromatic carbocycles. The second kappa shape index (κ2) is 6.23. The van der Waals surface area contributed by atoms with Crippen LogP contribution in [0.2, 0.25) is 0 Å². The lowest BCUT2D eigenvalue weighted by Gasteiger charge is -2.26. The van der Waals surface area contributed by atoms with E-state index in [1.165, 1.54) is 11.8 Å². The Kier molecular flexibility index (Phi) is 4.37. The van der Waals surface area contributed by atoms with Crippen LogP contribution in [0.4, 0.5) is 10.5 Å². The van der Waals surface area contributed by atoms with E-state index in [0.29, 0.717) is 5.69 Å². The first-order valence-electron chi connectivity index (χ1n) is 8.13. The number of hydrogen-bond acceptors (Lipinski definition) is 4. The second-order valence-electron chi connectivity index (χ2n) is 7.09. The van der Waals surface area contributed by atoms with Crippen molar-refractivity contribution < 1.29 is 14.3 Å². The largest absolute Gasteiger partial charge is 0.443 e. The van der Waals surface area contributed by atoms with Gasteiger partial charge in [0.1, 0.15) is 10.3 Å². The summed E-state index contributed by atoms with van der Waals surface area (Å²) in [6.07, 6.45) is -0.637. The Morgan fingerprint density at radius 1 is 1.04 bits per heavy atom. The van der Waals surface area contributed by atoms with Crippen LogP contribution >= 0.6 is 11.8 Å². The number of rotatable bonds is 2. The third-order valence-corrected chi connectivity index (χ3v) is 5.22. The Morgan fingerprint density at radius 3 is 2.28 bits per heavy atom. The zero-order chi connectivity index (χ0) is 18.2. The minimum absolute atomic E-state index is 0.281. The van der Waals surface area contributed by atoms with E-state index >= 15 is 0 Å². The van der Waals surface area contributed by atoms with Crippen molar-refractivity contribution >= 4 is 29.4 Å². The fourth-order valence-electron chi connectivity index (χ4n) is 2.82. The van der Waals surface area contributed by atoms with Crippen molar-refractivity contribution in [2.24, 2.45) is 0 Å². The first-order chi connectivity index (χ1) is 11.7. The van der Waals surface area contributed by atoms with Crippen LogP contribution in [0.1, 0.15) is 33.3 Å². The lowest BCUT2D eigenvalue weighted by atomic mass is 10.0. The lowest BCUT2D eigenvalue weighted by molar-refractivity contribution is -0.119. The van der Waals surface area contributed by atoms with Gasteiger partial charge in [0.15, 0.2) is 0 Å². The molecule has 2 aromatic rings. The number of amides is 2. The number of thioether (sulfide) groups is 1. The van der Waals surface area contributed by atoms with Gasteiger partial charge >= 0.3 is 6.09 Å². The van der Waals surface area contributed by atoms with Crippen molar-refractivity contribution in [2.75, 3.05) is 4.90 Å². The number of ether oxygens (including phenoxy) is 1. The number of carbonyl (C=O) groups is 2. The van der Waals surface area contributed by atoms with E-state index < -0.39 is 16.4 Å². The van der Waals surface area contributed by atoms with Crippen LogP contribution in [0.15, 0.2) is 59.5 Å². The average Bonchev–Trinajstić information content (AvgIpc) is 2.75. The predicted octanol–water partition coefficient (Wildman–Crippen LogP) is 4.98. The highest BCUT2D eigenvalue weighted by atomic mass is 32.2. The first kappa shape index (κ1) is 17.5. The molecule has 0 aromatic heterocycles. The minimum atomic E-state index is -0.880. The quantitative estimate of drug-likeness (QED) is 0.762. The van der Waals surface area contributed by atoms with Crippen molar-refractivity contribution in [1.82, 2.24) is 0 Å². The van der Waals surface area contributed by atoms with Crippen LogP contribution in [-0.4, -0.2) is 17.6 Å². The van der Waals surface area contributed by atoms with Crippen molar-refractivity contribution in [3.05, 3.63) is 60.2 Å². The van der Waals surface area contributed by atoms with Crippen LogP contribution < -0.4 is 4.90 Å². The van der Waals surface area contributed by atoms with Gasteiger partial charge in [-0.2, -0.15) is 0 Å². The highest BCUT2D eigenvalue weighted by Crippen LogP contribution is 2.51. The topological polar surface area (TPSA) is 46.6 Å². The number of nitrogens with zero attached hydrogens (tertiary/aromatic N) is 1. The highest BCUT2D eigenvalue weighted by molar-refractivity contribution is 8.01. The molecule has 0 radical (unpaired) electrons. The van der Waals surface area contributed by atoms with E-state index in [2.05, 4.69) is 0 Å². The third kappa shape index (κ3) is 3.29. The van der Waals surface area contributed by atoms with Gasteiger partial charge in [0, 0.05) is 10.5 Å². The van der Waals surface area contributed by atoms with Gasteiger partial charge < -0.3 is 4.74 Å². The molecular formula is C20H21NO3S.